The minimum Gasteiger partial charge on any atom is -0.497 e. The lowest BCUT2D eigenvalue weighted by Gasteiger charge is -2.22. The molecule has 0 saturated heterocycles. The molecule has 0 saturated carbocycles. The maximum absolute atomic E-state index is 6.14. The van der Waals surface area contributed by atoms with Gasteiger partial charge in [0.2, 0.25) is 0 Å². The molecule has 0 bridgehead atoms. The van der Waals surface area contributed by atoms with Crippen LogP contribution >= 0.6 is 27.5 Å². The van der Waals surface area contributed by atoms with Crippen molar-refractivity contribution in [2.45, 2.75) is 6.04 Å². The second-order valence-electron chi connectivity index (χ2n) is 4.50. The Bertz CT molecular complexity index is 634. The highest BCUT2D eigenvalue weighted by Gasteiger charge is 2.20. The lowest BCUT2D eigenvalue weighted by atomic mass is 9.97. The Balaban J connectivity index is 2.56. The summed E-state index contributed by atoms with van der Waals surface area (Å²) in [4.78, 5) is 0. The largest absolute Gasteiger partial charge is 0.497 e. The molecule has 1 unspecified atom stereocenters. The fourth-order valence-corrected chi connectivity index (χ4v) is 2.94. The first-order chi connectivity index (χ1) is 10.1. The summed E-state index contributed by atoms with van der Waals surface area (Å²) in [6, 6.07) is 11.4. The summed E-state index contributed by atoms with van der Waals surface area (Å²) in [5.74, 6) is 1.59. The zero-order valence-electron chi connectivity index (χ0n) is 12.1. The molecule has 0 aromatic heterocycles. The Morgan fingerprint density at radius 3 is 2.43 bits per heavy atom. The minimum atomic E-state index is -0.0666. The predicted octanol–water partition coefficient (Wildman–Crippen LogP) is 4.43. The number of rotatable bonds is 5. The van der Waals surface area contributed by atoms with Crippen molar-refractivity contribution in [1.82, 2.24) is 5.32 Å². The highest BCUT2D eigenvalue weighted by molar-refractivity contribution is 9.10. The predicted molar refractivity (Wildman–Crippen MR) is 89.6 cm³/mol. The Hall–Kier alpha value is -1.23. The van der Waals surface area contributed by atoms with Gasteiger partial charge >= 0.3 is 0 Å². The molecule has 0 aliphatic heterocycles. The van der Waals surface area contributed by atoms with Crippen LogP contribution in [0.5, 0.6) is 11.5 Å². The smallest absolute Gasteiger partial charge is 0.124 e. The van der Waals surface area contributed by atoms with Gasteiger partial charge in [-0.25, -0.2) is 0 Å². The number of hydrogen-bond donors (Lipinski definition) is 1. The van der Waals surface area contributed by atoms with E-state index < -0.39 is 0 Å². The van der Waals surface area contributed by atoms with Crippen molar-refractivity contribution in [3.05, 3.63) is 57.0 Å². The zero-order valence-corrected chi connectivity index (χ0v) is 14.5. The zero-order chi connectivity index (χ0) is 15.4. The van der Waals surface area contributed by atoms with Crippen LogP contribution in [-0.4, -0.2) is 21.3 Å². The molecule has 2 aromatic rings. The highest BCUT2D eigenvalue weighted by atomic mass is 79.9. The van der Waals surface area contributed by atoms with Crippen molar-refractivity contribution < 1.29 is 9.47 Å². The second-order valence-corrected chi connectivity index (χ2v) is 5.79. The molecule has 0 amide bonds. The summed E-state index contributed by atoms with van der Waals surface area (Å²) in [6.45, 7) is 0. The number of ether oxygens (including phenoxy) is 2. The van der Waals surface area contributed by atoms with E-state index in [-0.39, 0.29) is 6.04 Å². The Morgan fingerprint density at radius 1 is 1.05 bits per heavy atom. The van der Waals surface area contributed by atoms with E-state index in [1.165, 1.54) is 0 Å². The lowest BCUT2D eigenvalue weighted by molar-refractivity contribution is 0.404. The number of benzene rings is 2. The quantitative estimate of drug-likeness (QED) is 0.844. The van der Waals surface area contributed by atoms with Crippen molar-refractivity contribution in [3.63, 3.8) is 0 Å². The maximum Gasteiger partial charge on any atom is 0.124 e. The standard InChI is InChI=1S/C16H17BrClNO2/c1-19-16(12-9-11(20-2)5-6-14(12)17)13-8-10(18)4-7-15(13)21-3/h4-9,16,19H,1-3H3. The normalized spacial score (nSPS) is 12.0. The van der Waals surface area contributed by atoms with Crippen LogP contribution < -0.4 is 14.8 Å². The molecule has 0 spiro atoms. The topological polar surface area (TPSA) is 30.5 Å². The summed E-state index contributed by atoms with van der Waals surface area (Å²) in [6.07, 6.45) is 0. The van der Waals surface area contributed by atoms with Gasteiger partial charge in [0.25, 0.3) is 0 Å². The van der Waals surface area contributed by atoms with Crippen molar-refractivity contribution >= 4 is 27.5 Å². The van der Waals surface area contributed by atoms with E-state index in [0.717, 1.165) is 27.1 Å². The van der Waals surface area contributed by atoms with Gasteiger partial charge in [-0.1, -0.05) is 27.5 Å². The molecule has 2 rings (SSSR count). The molecule has 0 fully saturated rings. The first kappa shape index (κ1) is 16.1. The molecule has 0 radical (unpaired) electrons. The molecule has 1 N–H and O–H groups in total. The Morgan fingerprint density at radius 2 is 1.81 bits per heavy atom. The van der Waals surface area contributed by atoms with E-state index in [2.05, 4.69) is 21.2 Å². The van der Waals surface area contributed by atoms with Crippen molar-refractivity contribution in [2.24, 2.45) is 0 Å². The molecular formula is C16H17BrClNO2. The third-order valence-electron chi connectivity index (χ3n) is 3.31. The summed E-state index contributed by atoms with van der Waals surface area (Å²) in [5, 5.41) is 3.98. The van der Waals surface area contributed by atoms with Crippen LogP contribution in [0, 0.1) is 0 Å². The number of halogens is 2. The first-order valence-corrected chi connectivity index (χ1v) is 7.62. The Kier molecular flexibility index (Phi) is 5.51. The van der Waals surface area contributed by atoms with Gasteiger partial charge in [-0.15, -0.1) is 0 Å². The maximum atomic E-state index is 6.14. The van der Waals surface area contributed by atoms with E-state index in [0.29, 0.717) is 5.02 Å². The highest BCUT2D eigenvalue weighted by Crippen LogP contribution is 2.36. The van der Waals surface area contributed by atoms with Crippen LogP contribution in [0.1, 0.15) is 17.2 Å². The van der Waals surface area contributed by atoms with Gasteiger partial charge in [-0.3, -0.25) is 0 Å². The first-order valence-electron chi connectivity index (χ1n) is 6.44. The Labute approximate surface area is 138 Å². The van der Waals surface area contributed by atoms with E-state index in [9.17, 15) is 0 Å². The van der Waals surface area contributed by atoms with E-state index >= 15 is 0 Å². The lowest BCUT2D eigenvalue weighted by Crippen LogP contribution is -2.19. The average Bonchev–Trinajstić information content (AvgIpc) is 2.50. The molecule has 5 heteroatoms. The van der Waals surface area contributed by atoms with Crippen molar-refractivity contribution in [1.29, 1.82) is 0 Å². The third kappa shape index (κ3) is 3.51. The monoisotopic (exact) mass is 369 g/mol. The van der Waals surface area contributed by atoms with Crippen LogP contribution in [0.2, 0.25) is 5.02 Å². The number of methoxy groups -OCH3 is 2. The van der Waals surface area contributed by atoms with Crippen LogP contribution in [0.3, 0.4) is 0 Å². The van der Waals surface area contributed by atoms with Gasteiger partial charge < -0.3 is 14.8 Å². The summed E-state index contributed by atoms with van der Waals surface area (Å²) >= 11 is 9.73. The summed E-state index contributed by atoms with van der Waals surface area (Å²) < 4.78 is 11.8. The average molecular weight is 371 g/mol. The van der Waals surface area contributed by atoms with Gasteiger partial charge in [0.1, 0.15) is 11.5 Å². The van der Waals surface area contributed by atoms with E-state index in [1.807, 2.05) is 43.4 Å². The second kappa shape index (κ2) is 7.16. The number of nitrogens with one attached hydrogen (secondary N) is 1. The molecule has 0 aliphatic rings. The van der Waals surface area contributed by atoms with Crippen molar-refractivity contribution in [2.75, 3.05) is 21.3 Å². The molecule has 0 heterocycles. The van der Waals surface area contributed by atoms with Gasteiger partial charge in [0.15, 0.2) is 0 Å². The van der Waals surface area contributed by atoms with Crippen molar-refractivity contribution in [3.8, 4) is 11.5 Å². The third-order valence-corrected chi connectivity index (χ3v) is 4.26. The van der Waals surface area contributed by atoms with Gasteiger partial charge in [0.05, 0.1) is 20.3 Å². The fourth-order valence-electron chi connectivity index (χ4n) is 2.28. The van der Waals surface area contributed by atoms with Gasteiger partial charge in [-0.05, 0) is 49.0 Å². The molecule has 21 heavy (non-hydrogen) atoms. The van der Waals surface area contributed by atoms with Crippen LogP contribution in [0.4, 0.5) is 0 Å². The molecule has 3 nitrogen and oxygen atoms in total. The summed E-state index contributed by atoms with van der Waals surface area (Å²) in [5.41, 5.74) is 2.03. The fraction of sp³-hybridized carbons (Fsp3) is 0.250. The van der Waals surface area contributed by atoms with Gasteiger partial charge in [0, 0.05) is 15.1 Å². The molecule has 1 atom stereocenters. The van der Waals surface area contributed by atoms with E-state index in [4.69, 9.17) is 21.1 Å². The molecule has 2 aromatic carbocycles. The minimum absolute atomic E-state index is 0.0666. The van der Waals surface area contributed by atoms with Crippen LogP contribution in [0.25, 0.3) is 0 Å². The summed E-state index contributed by atoms with van der Waals surface area (Å²) in [7, 11) is 5.21. The SMILES string of the molecule is CNC(c1cc(OC)ccc1Br)c1cc(Cl)ccc1OC. The van der Waals surface area contributed by atoms with Crippen LogP contribution in [0.15, 0.2) is 40.9 Å². The number of hydrogen-bond acceptors (Lipinski definition) is 3. The molecular weight excluding hydrogens is 354 g/mol. The molecule has 0 aliphatic carbocycles. The van der Waals surface area contributed by atoms with E-state index in [1.54, 1.807) is 14.2 Å². The van der Waals surface area contributed by atoms with Crippen LogP contribution in [-0.2, 0) is 0 Å². The molecule has 112 valence electrons. The van der Waals surface area contributed by atoms with Gasteiger partial charge in [-0.2, -0.15) is 0 Å².